The van der Waals surface area contributed by atoms with Gasteiger partial charge in [-0.25, -0.2) is 8.42 Å². The molecular weight excluding hydrogens is 308 g/mol. The highest BCUT2D eigenvalue weighted by Crippen LogP contribution is 2.14. The normalized spacial score (nSPS) is 17.0. The molecule has 0 aromatic heterocycles. The first-order valence-electron chi connectivity index (χ1n) is 7.01. The van der Waals surface area contributed by atoms with Crippen molar-refractivity contribution in [2.45, 2.75) is 11.4 Å². The fourth-order valence-corrected chi connectivity index (χ4v) is 3.91. The second kappa shape index (κ2) is 8.14. The molecule has 21 heavy (non-hydrogen) atoms. The molecule has 0 unspecified atom stereocenters. The quantitative estimate of drug-likeness (QED) is 0.600. The standard InChI is InChI=1S/C14H22N2O3S2/c1-20-14-4-2-13(3-5-14)12-15-6-11-21(17,18)16-7-9-19-10-8-16/h2-5,15H,6-12H2,1H3. The predicted octanol–water partition coefficient (Wildman–Crippen LogP) is 1.16. The van der Waals surface area contributed by atoms with Gasteiger partial charge in [0.05, 0.1) is 19.0 Å². The van der Waals surface area contributed by atoms with Gasteiger partial charge in [0.15, 0.2) is 0 Å². The Labute approximate surface area is 131 Å². The molecule has 1 aliphatic heterocycles. The Morgan fingerprint density at radius 3 is 2.52 bits per heavy atom. The van der Waals surface area contributed by atoms with Crippen LogP contribution in [0.25, 0.3) is 0 Å². The van der Waals surface area contributed by atoms with Crippen molar-refractivity contribution in [3.8, 4) is 0 Å². The van der Waals surface area contributed by atoms with Crippen molar-refractivity contribution in [2.75, 3.05) is 44.9 Å². The lowest BCUT2D eigenvalue weighted by molar-refractivity contribution is 0.0730. The number of thioether (sulfide) groups is 1. The van der Waals surface area contributed by atoms with Crippen LogP contribution in [0.4, 0.5) is 0 Å². The molecule has 1 aromatic rings. The van der Waals surface area contributed by atoms with Gasteiger partial charge in [-0.3, -0.25) is 0 Å². The van der Waals surface area contributed by atoms with Gasteiger partial charge in [-0.2, -0.15) is 4.31 Å². The third-order valence-corrected chi connectivity index (χ3v) is 6.00. The van der Waals surface area contributed by atoms with E-state index in [4.69, 9.17) is 4.74 Å². The summed E-state index contributed by atoms with van der Waals surface area (Å²) in [5, 5.41) is 3.19. The van der Waals surface area contributed by atoms with Gasteiger partial charge in [-0.1, -0.05) is 12.1 Å². The summed E-state index contributed by atoms with van der Waals surface area (Å²) < 4.78 is 30.9. The Morgan fingerprint density at radius 1 is 1.24 bits per heavy atom. The molecule has 0 amide bonds. The summed E-state index contributed by atoms with van der Waals surface area (Å²) in [6.45, 7) is 3.08. The molecule has 118 valence electrons. The van der Waals surface area contributed by atoms with Crippen molar-refractivity contribution >= 4 is 21.8 Å². The van der Waals surface area contributed by atoms with E-state index in [-0.39, 0.29) is 5.75 Å². The molecule has 1 aliphatic rings. The summed E-state index contributed by atoms with van der Waals surface area (Å²) in [6.07, 6.45) is 2.05. The Hall–Kier alpha value is -0.600. The van der Waals surface area contributed by atoms with Gasteiger partial charge in [-0.05, 0) is 24.0 Å². The fraction of sp³-hybridized carbons (Fsp3) is 0.571. The first kappa shape index (κ1) is 16.8. The first-order chi connectivity index (χ1) is 10.1. The van der Waals surface area contributed by atoms with E-state index in [1.54, 1.807) is 11.8 Å². The van der Waals surface area contributed by atoms with E-state index in [9.17, 15) is 8.42 Å². The van der Waals surface area contributed by atoms with Crippen molar-refractivity contribution in [3.05, 3.63) is 29.8 Å². The molecular formula is C14H22N2O3S2. The van der Waals surface area contributed by atoms with Crippen LogP contribution >= 0.6 is 11.8 Å². The number of rotatable bonds is 7. The molecule has 7 heteroatoms. The summed E-state index contributed by atoms with van der Waals surface area (Å²) in [5.41, 5.74) is 1.16. The van der Waals surface area contributed by atoms with Crippen LogP contribution < -0.4 is 5.32 Å². The van der Waals surface area contributed by atoms with Crippen molar-refractivity contribution < 1.29 is 13.2 Å². The molecule has 1 N–H and O–H groups in total. The van der Waals surface area contributed by atoms with Crippen LogP contribution in [-0.2, 0) is 21.3 Å². The summed E-state index contributed by atoms with van der Waals surface area (Å²) >= 11 is 1.71. The van der Waals surface area contributed by atoms with Crippen molar-refractivity contribution in [3.63, 3.8) is 0 Å². The highest BCUT2D eigenvalue weighted by atomic mass is 32.2. The van der Waals surface area contributed by atoms with Gasteiger partial charge in [0, 0.05) is 31.1 Å². The zero-order valence-electron chi connectivity index (χ0n) is 12.2. The third-order valence-electron chi connectivity index (χ3n) is 3.39. The smallest absolute Gasteiger partial charge is 0.215 e. The number of morpholine rings is 1. The molecule has 0 aliphatic carbocycles. The minimum atomic E-state index is -3.16. The van der Waals surface area contributed by atoms with Crippen LogP contribution in [-0.4, -0.2) is 57.6 Å². The van der Waals surface area contributed by atoms with Crippen LogP contribution in [0, 0.1) is 0 Å². The molecule has 0 bridgehead atoms. The summed E-state index contributed by atoms with van der Waals surface area (Å²) in [5.74, 6) is 0.135. The first-order valence-corrected chi connectivity index (χ1v) is 9.84. The zero-order chi connectivity index (χ0) is 15.1. The molecule has 0 spiro atoms. The van der Waals surface area contributed by atoms with Gasteiger partial charge in [0.2, 0.25) is 10.0 Å². The topological polar surface area (TPSA) is 58.6 Å². The van der Waals surface area contributed by atoms with Gasteiger partial charge in [0.25, 0.3) is 0 Å². The van der Waals surface area contributed by atoms with E-state index in [1.165, 1.54) is 9.20 Å². The van der Waals surface area contributed by atoms with Crippen LogP contribution in [0.15, 0.2) is 29.2 Å². The number of ether oxygens (including phenoxy) is 1. The molecule has 0 radical (unpaired) electrons. The molecule has 2 rings (SSSR count). The average Bonchev–Trinajstić information content (AvgIpc) is 2.53. The molecule has 1 heterocycles. The Morgan fingerprint density at radius 2 is 1.90 bits per heavy atom. The van der Waals surface area contributed by atoms with Crippen molar-refractivity contribution in [1.29, 1.82) is 0 Å². The van der Waals surface area contributed by atoms with E-state index in [0.717, 1.165) is 5.56 Å². The Bertz CT molecular complexity index is 526. The lowest BCUT2D eigenvalue weighted by Gasteiger charge is -2.26. The molecule has 5 nitrogen and oxygen atoms in total. The van der Waals surface area contributed by atoms with E-state index >= 15 is 0 Å². The van der Waals surface area contributed by atoms with Crippen molar-refractivity contribution in [2.24, 2.45) is 0 Å². The van der Waals surface area contributed by atoms with Crippen LogP contribution in [0.2, 0.25) is 0 Å². The highest BCUT2D eigenvalue weighted by molar-refractivity contribution is 7.98. The molecule has 1 aromatic carbocycles. The number of sulfonamides is 1. The van der Waals surface area contributed by atoms with Gasteiger partial charge in [0.1, 0.15) is 0 Å². The lowest BCUT2D eigenvalue weighted by atomic mass is 10.2. The number of nitrogens with one attached hydrogen (secondary N) is 1. The van der Waals surface area contributed by atoms with E-state index < -0.39 is 10.0 Å². The summed E-state index contributed by atoms with van der Waals surface area (Å²) in [4.78, 5) is 1.23. The predicted molar refractivity (Wildman–Crippen MR) is 86.1 cm³/mol. The monoisotopic (exact) mass is 330 g/mol. The van der Waals surface area contributed by atoms with E-state index in [2.05, 4.69) is 29.6 Å². The second-order valence-corrected chi connectivity index (χ2v) is 7.82. The summed E-state index contributed by atoms with van der Waals surface area (Å²) in [7, 11) is -3.16. The van der Waals surface area contributed by atoms with Gasteiger partial charge in [-0.15, -0.1) is 11.8 Å². The maximum absolute atomic E-state index is 12.1. The minimum absolute atomic E-state index is 0.135. The molecule has 1 fully saturated rings. The van der Waals surface area contributed by atoms with Crippen LogP contribution in [0.3, 0.4) is 0 Å². The second-order valence-electron chi connectivity index (χ2n) is 4.85. The fourth-order valence-electron chi connectivity index (χ4n) is 2.13. The SMILES string of the molecule is CSc1ccc(CNCCS(=O)(=O)N2CCOCC2)cc1. The number of hydrogen-bond acceptors (Lipinski definition) is 5. The van der Waals surface area contributed by atoms with Crippen molar-refractivity contribution in [1.82, 2.24) is 9.62 Å². The maximum Gasteiger partial charge on any atom is 0.215 e. The lowest BCUT2D eigenvalue weighted by Crippen LogP contribution is -2.43. The van der Waals surface area contributed by atoms with Gasteiger partial charge >= 0.3 is 0 Å². The Balaban J connectivity index is 1.73. The van der Waals surface area contributed by atoms with E-state index in [0.29, 0.717) is 39.4 Å². The summed E-state index contributed by atoms with van der Waals surface area (Å²) in [6, 6.07) is 8.28. The van der Waals surface area contributed by atoms with Crippen LogP contribution in [0.5, 0.6) is 0 Å². The zero-order valence-corrected chi connectivity index (χ0v) is 13.9. The third kappa shape index (κ3) is 5.27. The Kier molecular flexibility index (Phi) is 6.50. The van der Waals surface area contributed by atoms with Gasteiger partial charge < -0.3 is 10.1 Å². The van der Waals surface area contributed by atoms with E-state index in [1.807, 2.05) is 6.26 Å². The highest BCUT2D eigenvalue weighted by Gasteiger charge is 2.23. The number of benzene rings is 1. The maximum atomic E-state index is 12.1. The molecule has 0 atom stereocenters. The van der Waals surface area contributed by atoms with Crippen LogP contribution in [0.1, 0.15) is 5.56 Å². The number of nitrogens with zero attached hydrogens (tertiary/aromatic N) is 1. The number of hydrogen-bond donors (Lipinski definition) is 1. The average molecular weight is 330 g/mol. The minimum Gasteiger partial charge on any atom is -0.379 e. The molecule has 0 saturated carbocycles. The molecule has 1 saturated heterocycles. The largest absolute Gasteiger partial charge is 0.379 e.